The summed E-state index contributed by atoms with van der Waals surface area (Å²) >= 11 is 0. The highest BCUT2D eigenvalue weighted by Gasteiger charge is 2.33. The van der Waals surface area contributed by atoms with E-state index >= 15 is 0 Å². The van der Waals surface area contributed by atoms with Gasteiger partial charge >= 0.3 is 5.97 Å². The molecular formula is C12H12F2O5S. The molecule has 0 saturated carbocycles. The van der Waals surface area contributed by atoms with Gasteiger partial charge in [0, 0.05) is 12.5 Å². The van der Waals surface area contributed by atoms with Crippen molar-refractivity contribution in [3.8, 4) is 5.75 Å². The lowest BCUT2D eigenvalue weighted by Gasteiger charge is -2.22. The molecule has 0 aliphatic heterocycles. The molecule has 0 saturated heterocycles. The molecule has 1 aliphatic carbocycles. The fourth-order valence-electron chi connectivity index (χ4n) is 2.39. The first-order valence-electron chi connectivity index (χ1n) is 5.92. The number of fused-ring (bicyclic) bond motifs is 1. The Morgan fingerprint density at radius 1 is 1.15 bits per heavy atom. The van der Waals surface area contributed by atoms with E-state index < -0.39 is 38.4 Å². The first kappa shape index (κ1) is 14.9. The van der Waals surface area contributed by atoms with Crippen molar-refractivity contribution in [2.75, 3.05) is 0 Å². The van der Waals surface area contributed by atoms with Crippen LogP contribution in [0.5, 0.6) is 5.75 Å². The van der Waals surface area contributed by atoms with Gasteiger partial charge in [0.15, 0.2) is 11.6 Å². The Bertz CT molecular complexity index is 682. The fourth-order valence-corrected chi connectivity index (χ4v) is 3.24. The van der Waals surface area contributed by atoms with Gasteiger partial charge in [-0.15, -0.1) is 0 Å². The van der Waals surface area contributed by atoms with Gasteiger partial charge in [0.2, 0.25) is 5.82 Å². The van der Waals surface area contributed by atoms with Crippen molar-refractivity contribution in [1.82, 2.24) is 0 Å². The molecule has 0 unspecified atom stereocenters. The van der Waals surface area contributed by atoms with Gasteiger partial charge in [-0.3, -0.25) is 9.35 Å². The van der Waals surface area contributed by atoms with Crippen LogP contribution >= 0.6 is 0 Å². The summed E-state index contributed by atoms with van der Waals surface area (Å²) in [4.78, 5) is 9.91. The molecule has 8 heteroatoms. The van der Waals surface area contributed by atoms with E-state index in [0.717, 1.165) is 6.92 Å². The van der Waals surface area contributed by atoms with Crippen molar-refractivity contribution < 1.29 is 31.3 Å². The van der Waals surface area contributed by atoms with Crippen LogP contribution in [0, 0.1) is 11.6 Å². The van der Waals surface area contributed by atoms with Gasteiger partial charge in [0.05, 0.1) is 0 Å². The first-order valence-corrected chi connectivity index (χ1v) is 7.36. The standard InChI is InChI=1S/C12H12F2O5S/c1-6(15)19-11-7-4-2-3-5-8(7)12(20(16,17)18)10(14)9(11)13/h2-5H2,1H3,(H,16,17,18). The summed E-state index contributed by atoms with van der Waals surface area (Å²) in [5.41, 5.74) is 0.104. The number of benzene rings is 1. The lowest BCUT2D eigenvalue weighted by atomic mass is 9.90. The highest BCUT2D eigenvalue weighted by atomic mass is 32.2. The summed E-state index contributed by atoms with van der Waals surface area (Å²) in [5.74, 6) is -4.72. The Hall–Kier alpha value is -1.54. The van der Waals surface area contributed by atoms with Crippen molar-refractivity contribution >= 4 is 16.1 Å². The molecule has 0 heterocycles. The monoisotopic (exact) mass is 306 g/mol. The lowest BCUT2D eigenvalue weighted by molar-refractivity contribution is -0.132. The van der Waals surface area contributed by atoms with Crippen LogP contribution in [0.2, 0.25) is 0 Å². The maximum absolute atomic E-state index is 13.9. The third-order valence-corrected chi connectivity index (χ3v) is 4.05. The molecule has 110 valence electrons. The summed E-state index contributed by atoms with van der Waals surface area (Å²) in [6.45, 7) is 1.03. The SMILES string of the molecule is CC(=O)Oc1c(F)c(F)c(S(=O)(=O)O)c2c1CCCC2. The lowest BCUT2D eigenvalue weighted by Crippen LogP contribution is -2.18. The van der Waals surface area contributed by atoms with Crippen molar-refractivity contribution in [2.24, 2.45) is 0 Å². The predicted octanol–water partition coefficient (Wildman–Crippen LogP) is 2.02. The van der Waals surface area contributed by atoms with Gasteiger partial charge in [0.1, 0.15) is 4.90 Å². The average molecular weight is 306 g/mol. The maximum Gasteiger partial charge on any atom is 0.308 e. The number of rotatable bonds is 2. The van der Waals surface area contributed by atoms with Crippen LogP contribution in [-0.4, -0.2) is 18.9 Å². The number of esters is 1. The van der Waals surface area contributed by atoms with E-state index in [9.17, 15) is 22.0 Å². The predicted molar refractivity (Wildman–Crippen MR) is 64.1 cm³/mol. The first-order chi connectivity index (χ1) is 9.23. The minimum Gasteiger partial charge on any atom is -0.423 e. The molecular weight excluding hydrogens is 294 g/mol. The summed E-state index contributed by atoms with van der Waals surface area (Å²) in [6, 6.07) is 0. The average Bonchev–Trinajstić information content (AvgIpc) is 2.33. The summed E-state index contributed by atoms with van der Waals surface area (Å²) in [6.07, 6.45) is 1.60. The van der Waals surface area contributed by atoms with Gasteiger partial charge in [-0.1, -0.05) is 0 Å². The molecule has 0 radical (unpaired) electrons. The topological polar surface area (TPSA) is 80.7 Å². The quantitative estimate of drug-likeness (QED) is 0.513. The molecule has 0 fully saturated rings. The summed E-state index contributed by atoms with van der Waals surface area (Å²) in [5, 5.41) is 0. The minimum atomic E-state index is -4.90. The van der Waals surface area contributed by atoms with Crippen LogP contribution in [-0.2, 0) is 27.8 Å². The van der Waals surface area contributed by atoms with E-state index in [4.69, 9.17) is 4.55 Å². The number of hydrogen-bond donors (Lipinski definition) is 1. The third kappa shape index (κ3) is 2.53. The van der Waals surface area contributed by atoms with Crippen molar-refractivity contribution in [3.63, 3.8) is 0 Å². The van der Waals surface area contributed by atoms with E-state index in [0.29, 0.717) is 12.8 Å². The Morgan fingerprint density at radius 2 is 1.70 bits per heavy atom. The number of carbonyl (C=O) groups is 1. The van der Waals surface area contributed by atoms with E-state index in [1.54, 1.807) is 0 Å². The molecule has 5 nitrogen and oxygen atoms in total. The molecule has 1 aromatic rings. The number of halogens is 2. The molecule has 0 atom stereocenters. The number of carbonyl (C=O) groups excluding carboxylic acids is 1. The largest absolute Gasteiger partial charge is 0.423 e. The molecule has 0 spiro atoms. The zero-order valence-corrected chi connectivity index (χ0v) is 11.4. The highest BCUT2D eigenvalue weighted by Crippen LogP contribution is 2.38. The fraction of sp³-hybridized carbons (Fsp3) is 0.417. The second kappa shape index (κ2) is 5.10. The maximum atomic E-state index is 13.9. The molecule has 1 N–H and O–H groups in total. The highest BCUT2D eigenvalue weighted by molar-refractivity contribution is 7.85. The molecule has 1 aliphatic rings. The van der Waals surface area contributed by atoms with Crippen LogP contribution < -0.4 is 4.74 Å². The van der Waals surface area contributed by atoms with Crippen molar-refractivity contribution in [1.29, 1.82) is 0 Å². The van der Waals surface area contributed by atoms with Crippen molar-refractivity contribution in [3.05, 3.63) is 22.8 Å². The van der Waals surface area contributed by atoms with Gasteiger partial charge in [-0.05, 0) is 31.2 Å². The Balaban J connectivity index is 2.82. The van der Waals surface area contributed by atoms with Crippen LogP contribution in [0.15, 0.2) is 4.90 Å². The van der Waals surface area contributed by atoms with Gasteiger partial charge in [-0.2, -0.15) is 12.8 Å². The summed E-state index contributed by atoms with van der Waals surface area (Å²) in [7, 11) is -4.90. The second-order valence-corrected chi connectivity index (χ2v) is 5.88. The Morgan fingerprint density at radius 3 is 2.20 bits per heavy atom. The Kier molecular flexibility index (Phi) is 3.79. The minimum absolute atomic E-state index is 0.0195. The van der Waals surface area contributed by atoms with Crippen LogP contribution in [0.1, 0.15) is 30.9 Å². The van der Waals surface area contributed by atoms with Crippen LogP contribution in [0.25, 0.3) is 0 Å². The van der Waals surface area contributed by atoms with E-state index in [1.165, 1.54) is 0 Å². The number of ether oxygens (including phenoxy) is 1. The Labute approximate surface area is 114 Å². The number of hydrogen-bond acceptors (Lipinski definition) is 4. The van der Waals surface area contributed by atoms with Crippen molar-refractivity contribution in [2.45, 2.75) is 37.5 Å². The van der Waals surface area contributed by atoms with Crippen LogP contribution in [0.3, 0.4) is 0 Å². The third-order valence-electron chi connectivity index (χ3n) is 3.11. The molecule has 0 amide bonds. The van der Waals surface area contributed by atoms with E-state index in [1.807, 2.05) is 0 Å². The van der Waals surface area contributed by atoms with Gasteiger partial charge in [-0.25, -0.2) is 4.39 Å². The molecule has 20 heavy (non-hydrogen) atoms. The normalized spacial score (nSPS) is 14.8. The zero-order valence-electron chi connectivity index (χ0n) is 10.6. The molecule has 2 rings (SSSR count). The molecule has 0 bridgehead atoms. The van der Waals surface area contributed by atoms with E-state index in [2.05, 4.69) is 4.74 Å². The summed E-state index contributed by atoms with van der Waals surface area (Å²) < 4.78 is 64.1. The molecule has 0 aromatic heterocycles. The van der Waals surface area contributed by atoms with Gasteiger partial charge in [0.25, 0.3) is 10.1 Å². The smallest absolute Gasteiger partial charge is 0.308 e. The molecule has 1 aromatic carbocycles. The second-order valence-electron chi connectivity index (χ2n) is 4.52. The van der Waals surface area contributed by atoms with E-state index in [-0.39, 0.29) is 24.0 Å². The van der Waals surface area contributed by atoms with Gasteiger partial charge < -0.3 is 4.74 Å². The van der Waals surface area contributed by atoms with Crippen LogP contribution in [0.4, 0.5) is 8.78 Å². The zero-order chi connectivity index (χ0) is 15.1.